The summed E-state index contributed by atoms with van der Waals surface area (Å²) in [6.45, 7) is 6.24. The molecule has 0 unspecified atom stereocenters. The average Bonchev–Trinajstić information content (AvgIpc) is 2.08. The van der Waals surface area contributed by atoms with Gasteiger partial charge in [0, 0.05) is 18.5 Å². The van der Waals surface area contributed by atoms with Crippen LogP contribution in [-0.4, -0.2) is 60.5 Å². The van der Waals surface area contributed by atoms with E-state index in [-0.39, 0.29) is 12.5 Å². The van der Waals surface area contributed by atoms with Crippen molar-refractivity contribution in [3.63, 3.8) is 0 Å². The van der Waals surface area contributed by atoms with Crippen molar-refractivity contribution in [3.05, 3.63) is 0 Å². The molecule has 1 N–H and O–H groups in total. The molecule has 0 spiro atoms. The fourth-order valence-electron chi connectivity index (χ4n) is 1.21. The highest BCUT2D eigenvalue weighted by molar-refractivity contribution is 5.85. The summed E-state index contributed by atoms with van der Waals surface area (Å²) in [6.07, 6.45) is 0. The maximum Gasteiger partial charge on any atom is 0.323 e. The van der Waals surface area contributed by atoms with E-state index in [0.29, 0.717) is 13.1 Å². The Bertz CT molecular complexity index is 256. The molecular formula is C11H22N2O3. The van der Waals surface area contributed by atoms with E-state index >= 15 is 0 Å². The molecule has 0 aliphatic rings. The second-order valence-corrected chi connectivity index (χ2v) is 5.17. The maximum atomic E-state index is 12.0. The van der Waals surface area contributed by atoms with Crippen LogP contribution in [0, 0.1) is 5.41 Å². The van der Waals surface area contributed by atoms with E-state index in [1.807, 2.05) is 19.0 Å². The van der Waals surface area contributed by atoms with Gasteiger partial charge in [-0.1, -0.05) is 20.8 Å². The Balaban J connectivity index is 4.54. The largest absolute Gasteiger partial charge is 0.480 e. The third-order valence-electron chi connectivity index (χ3n) is 2.07. The van der Waals surface area contributed by atoms with Crippen molar-refractivity contribution in [1.29, 1.82) is 0 Å². The predicted octanol–water partition coefficient (Wildman–Crippen LogP) is 0.507. The lowest BCUT2D eigenvalue weighted by Crippen LogP contribution is -2.45. The number of carbonyl (C=O) groups is 2. The predicted molar refractivity (Wildman–Crippen MR) is 62.2 cm³/mol. The summed E-state index contributed by atoms with van der Waals surface area (Å²) in [6, 6.07) is 0. The lowest BCUT2D eigenvalue weighted by molar-refractivity contribution is -0.148. The summed E-state index contributed by atoms with van der Waals surface area (Å²) in [5.74, 6) is -1.10. The number of hydrogen-bond donors (Lipinski definition) is 1. The van der Waals surface area contributed by atoms with Gasteiger partial charge in [-0.2, -0.15) is 0 Å². The van der Waals surface area contributed by atoms with Gasteiger partial charge in [0.15, 0.2) is 0 Å². The SMILES string of the molecule is CN(C)CCN(CC(=O)O)C(=O)C(C)(C)C. The van der Waals surface area contributed by atoms with Gasteiger partial charge in [-0.25, -0.2) is 0 Å². The molecule has 0 radical (unpaired) electrons. The zero-order valence-electron chi connectivity index (χ0n) is 10.8. The molecule has 0 aromatic carbocycles. The number of aliphatic carboxylic acids is 1. The van der Waals surface area contributed by atoms with Gasteiger partial charge in [0.25, 0.3) is 0 Å². The van der Waals surface area contributed by atoms with Crippen LogP contribution in [0.15, 0.2) is 0 Å². The summed E-state index contributed by atoms with van der Waals surface area (Å²) in [5.41, 5.74) is -0.540. The van der Waals surface area contributed by atoms with Crippen LogP contribution in [-0.2, 0) is 9.59 Å². The van der Waals surface area contributed by atoms with E-state index < -0.39 is 11.4 Å². The van der Waals surface area contributed by atoms with Gasteiger partial charge in [0.2, 0.25) is 5.91 Å². The molecule has 0 aliphatic heterocycles. The maximum absolute atomic E-state index is 12.0. The Hall–Kier alpha value is -1.10. The van der Waals surface area contributed by atoms with Crippen LogP contribution in [0.3, 0.4) is 0 Å². The molecule has 0 bridgehead atoms. The fourth-order valence-corrected chi connectivity index (χ4v) is 1.21. The van der Waals surface area contributed by atoms with Gasteiger partial charge < -0.3 is 14.9 Å². The molecule has 0 saturated heterocycles. The number of hydrogen-bond acceptors (Lipinski definition) is 3. The van der Waals surface area contributed by atoms with Crippen LogP contribution in [0.1, 0.15) is 20.8 Å². The van der Waals surface area contributed by atoms with E-state index in [1.54, 1.807) is 20.8 Å². The van der Waals surface area contributed by atoms with Crippen LogP contribution in [0.25, 0.3) is 0 Å². The molecule has 1 amide bonds. The molecule has 16 heavy (non-hydrogen) atoms. The van der Waals surface area contributed by atoms with Crippen molar-refractivity contribution in [2.45, 2.75) is 20.8 Å². The first-order chi connectivity index (χ1) is 7.14. The molecule has 0 atom stereocenters. The highest BCUT2D eigenvalue weighted by Gasteiger charge is 2.28. The van der Waals surface area contributed by atoms with Gasteiger partial charge in [-0.15, -0.1) is 0 Å². The van der Waals surface area contributed by atoms with Gasteiger partial charge in [0.1, 0.15) is 6.54 Å². The first-order valence-electron chi connectivity index (χ1n) is 5.30. The molecule has 5 heteroatoms. The summed E-state index contributed by atoms with van der Waals surface area (Å²) < 4.78 is 0. The zero-order valence-corrected chi connectivity index (χ0v) is 10.8. The number of amides is 1. The summed E-state index contributed by atoms with van der Waals surface area (Å²) in [7, 11) is 3.78. The first kappa shape index (κ1) is 14.9. The van der Waals surface area contributed by atoms with E-state index in [1.165, 1.54) is 4.90 Å². The first-order valence-corrected chi connectivity index (χ1v) is 5.30. The fraction of sp³-hybridized carbons (Fsp3) is 0.818. The summed E-state index contributed by atoms with van der Waals surface area (Å²) in [5, 5.41) is 8.76. The number of carbonyl (C=O) groups excluding carboxylic acids is 1. The molecule has 0 heterocycles. The second-order valence-electron chi connectivity index (χ2n) is 5.17. The van der Waals surface area contributed by atoms with Crippen LogP contribution >= 0.6 is 0 Å². The Kier molecular flexibility index (Phi) is 5.44. The highest BCUT2D eigenvalue weighted by atomic mass is 16.4. The number of carboxylic acid groups (broad SMARTS) is 1. The number of likely N-dealkylation sites (N-methyl/N-ethyl adjacent to an activating group) is 1. The van der Waals surface area contributed by atoms with Crippen molar-refractivity contribution in [3.8, 4) is 0 Å². The van der Waals surface area contributed by atoms with E-state index in [4.69, 9.17) is 5.11 Å². The molecule has 0 aromatic heterocycles. The van der Waals surface area contributed by atoms with E-state index in [0.717, 1.165) is 0 Å². The van der Waals surface area contributed by atoms with Crippen molar-refractivity contribution in [2.24, 2.45) is 5.41 Å². The number of nitrogens with zero attached hydrogens (tertiary/aromatic N) is 2. The van der Waals surface area contributed by atoms with Gasteiger partial charge in [-0.3, -0.25) is 9.59 Å². The quantitative estimate of drug-likeness (QED) is 0.747. The lowest BCUT2D eigenvalue weighted by Gasteiger charge is -2.29. The minimum Gasteiger partial charge on any atom is -0.480 e. The second kappa shape index (κ2) is 5.84. The van der Waals surface area contributed by atoms with Gasteiger partial charge in [0.05, 0.1) is 0 Å². The number of rotatable bonds is 5. The zero-order chi connectivity index (χ0) is 12.9. The molecule has 0 aliphatic carbocycles. The molecule has 0 fully saturated rings. The van der Waals surface area contributed by atoms with Gasteiger partial charge in [-0.05, 0) is 14.1 Å². The molecule has 0 saturated carbocycles. The van der Waals surface area contributed by atoms with Crippen molar-refractivity contribution in [1.82, 2.24) is 9.80 Å². The Morgan fingerprint density at radius 1 is 1.12 bits per heavy atom. The van der Waals surface area contributed by atoms with Gasteiger partial charge >= 0.3 is 5.97 Å². The Morgan fingerprint density at radius 2 is 1.62 bits per heavy atom. The van der Waals surface area contributed by atoms with Crippen molar-refractivity contribution in [2.75, 3.05) is 33.7 Å². The molecule has 94 valence electrons. The Morgan fingerprint density at radius 3 is 1.94 bits per heavy atom. The van der Waals surface area contributed by atoms with Crippen LogP contribution in [0.4, 0.5) is 0 Å². The Labute approximate surface area is 97.0 Å². The lowest BCUT2D eigenvalue weighted by atomic mass is 9.94. The summed E-state index contributed by atoms with van der Waals surface area (Å²) >= 11 is 0. The third-order valence-corrected chi connectivity index (χ3v) is 2.07. The van der Waals surface area contributed by atoms with E-state index in [9.17, 15) is 9.59 Å². The van der Waals surface area contributed by atoms with Crippen LogP contribution in [0.2, 0.25) is 0 Å². The van der Waals surface area contributed by atoms with Crippen LogP contribution < -0.4 is 0 Å². The molecule has 0 aromatic rings. The minimum atomic E-state index is -0.976. The highest BCUT2D eigenvalue weighted by Crippen LogP contribution is 2.17. The minimum absolute atomic E-state index is 0.128. The third kappa shape index (κ3) is 5.70. The van der Waals surface area contributed by atoms with Crippen LogP contribution in [0.5, 0.6) is 0 Å². The molecular weight excluding hydrogens is 208 g/mol. The standard InChI is InChI=1S/C11H22N2O3/c1-11(2,3)10(16)13(8-9(14)15)7-6-12(4)5/h6-8H2,1-5H3,(H,14,15). The van der Waals surface area contributed by atoms with Crippen molar-refractivity contribution >= 4 is 11.9 Å². The van der Waals surface area contributed by atoms with E-state index in [2.05, 4.69) is 0 Å². The normalized spacial score (nSPS) is 11.6. The van der Waals surface area contributed by atoms with Crippen molar-refractivity contribution < 1.29 is 14.7 Å². The monoisotopic (exact) mass is 230 g/mol. The number of carboxylic acids is 1. The molecule has 0 rings (SSSR count). The average molecular weight is 230 g/mol. The summed E-state index contributed by atoms with van der Waals surface area (Å²) in [4.78, 5) is 25.9. The topological polar surface area (TPSA) is 60.9 Å². The smallest absolute Gasteiger partial charge is 0.323 e. The molecule has 5 nitrogen and oxygen atoms in total.